The van der Waals surface area contributed by atoms with Gasteiger partial charge in [0.15, 0.2) is 0 Å². The van der Waals surface area contributed by atoms with Crippen LogP contribution in [0.3, 0.4) is 0 Å². The van der Waals surface area contributed by atoms with E-state index in [1.807, 2.05) is 0 Å². The number of allylic oxidation sites excluding steroid dienone is 4. The summed E-state index contributed by atoms with van der Waals surface area (Å²) in [4.78, 5) is 12.7. The molecular formula is C79H155NO5. The zero-order valence-electron chi connectivity index (χ0n) is 57.9. The van der Waals surface area contributed by atoms with E-state index in [2.05, 4.69) is 43.5 Å². The molecule has 4 atom stereocenters. The Bertz CT molecular complexity index is 1300. The highest BCUT2D eigenvalue weighted by atomic mass is 16.3. The molecule has 0 bridgehead atoms. The average Bonchev–Trinajstić information content (AvgIpc) is 3.51. The van der Waals surface area contributed by atoms with E-state index in [-0.39, 0.29) is 0 Å². The minimum atomic E-state index is -1.29. The molecule has 85 heavy (non-hydrogen) atoms. The molecule has 6 nitrogen and oxygen atoms in total. The predicted octanol–water partition coefficient (Wildman–Crippen LogP) is 24.8. The molecule has 0 radical (unpaired) electrons. The van der Waals surface area contributed by atoms with Crippen molar-refractivity contribution in [2.45, 2.75) is 468 Å². The van der Waals surface area contributed by atoms with Crippen LogP contribution in [0.4, 0.5) is 0 Å². The predicted molar refractivity (Wildman–Crippen MR) is 376 cm³/mol. The molecule has 506 valence electrons. The van der Waals surface area contributed by atoms with E-state index >= 15 is 0 Å². The van der Waals surface area contributed by atoms with E-state index in [4.69, 9.17) is 0 Å². The van der Waals surface area contributed by atoms with Crippen molar-refractivity contribution in [2.24, 2.45) is 0 Å². The molecule has 0 fully saturated rings. The van der Waals surface area contributed by atoms with Crippen LogP contribution in [-0.4, -0.2) is 57.3 Å². The van der Waals surface area contributed by atoms with Crippen molar-refractivity contribution in [1.82, 2.24) is 5.32 Å². The molecule has 0 spiro atoms. The molecule has 0 saturated carbocycles. The van der Waals surface area contributed by atoms with Crippen molar-refractivity contribution in [3.05, 3.63) is 24.3 Å². The number of nitrogens with one attached hydrogen (secondary N) is 1. The Morgan fingerprint density at radius 2 is 0.494 bits per heavy atom. The Morgan fingerprint density at radius 1 is 0.282 bits per heavy atom. The molecular weight excluding hydrogens is 1040 g/mol. The van der Waals surface area contributed by atoms with Gasteiger partial charge in [0.25, 0.3) is 0 Å². The van der Waals surface area contributed by atoms with Gasteiger partial charge in [0.05, 0.1) is 18.8 Å². The topological polar surface area (TPSA) is 110 Å². The maximum atomic E-state index is 12.7. The summed E-state index contributed by atoms with van der Waals surface area (Å²) >= 11 is 0. The van der Waals surface area contributed by atoms with Gasteiger partial charge in [0.2, 0.25) is 5.91 Å². The summed E-state index contributed by atoms with van der Waals surface area (Å²) in [5.74, 6) is -0.588. The molecule has 0 aliphatic heterocycles. The molecule has 0 aliphatic rings. The maximum Gasteiger partial charge on any atom is 0.249 e. The minimum absolute atomic E-state index is 0.365. The SMILES string of the molecule is CCCCCCCCCCCCCCCCCCCCCCCC/C=C/CC/C=C/CCCC(O)C(O)C(CO)NC(=O)C(O)CCCCCCCCCCCCCCCCCCCCCCCCCCCCCCCCCCCCCCCC. The Morgan fingerprint density at radius 3 is 0.741 bits per heavy atom. The molecule has 1 amide bonds. The van der Waals surface area contributed by atoms with Crippen LogP contribution in [0, 0.1) is 0 Å². The van der Waals surface area contributed by atoms with Gasteiger partial charge in [0.1, 0.15) is 12.2 Å². The fourth-order valence-electron chi connectivity index (χ4n) is 12.8. The van der Waals surface area contributed by atoms with E-state index in [9.17, 15) is 25.2 Å². The largest absolute Gasteiger partial charge is 0.394 e. The first kappa shape index (κ1) is 83.8. The van der Waals surface area contributed by atoms with Gasteiger partial charge in [-0.1, -0.05) is 417 Å². The van der Waals surface area contributed by atoms with Crippen LogP contribution in [-0.2, 0) is 4.79 Å². The van der Waals surface area contributed by atoms with Gasteiger partial charge in [-0.2, -0.15) is 0 Å². The molecule has 6 heteroatoms. The third-order valence-corrected chi connectivity index (χ3v) is 18.9. The van der Waals surface area contributed by atoms with Crippen LogP contribution in [0.1, 0.15) is 444 Å². The summed E-state index contributed by atoms with van der Waals surface area (Å²) in [7, 11) is 0. The standard InChI is InChI=1S/C79H155NO5/c1-3-5-7-9-11-13-15-17-19-21-23-25-27-29-31-33-35-36-37-38-39-40-41-43-45-47-49-51-53-55-57-59-61-63-65-67-69-71-73-77(83)79(85)80-75(74-81)78(84)76(82)72-70-68-66-64-62-60-58-56-54-52-50-48-46-44-42-34-32-30-28-26-24-22-20-18-16-14-12-10-8-6-4-2/h56,58,64,66,75-78,81-84H,3-55,57,59-63,65,67-74H2,1-2H3,(H,80,85)/b58-56+,66-64+. The zero-order valence-corrected chi connectivity index (χ0v) is 57.9. The first-order chi connectivity index (χ1) is 42.0. The van der Waals surface area contributed by atoms with Crippen molar-refractivity contribution >= 4 is 5.91 Å². The summed E-state index contributed by atoms with van der Waals surface area (Å²) in [6.45, 7) is 4.11. The van der Waals surface area contributed by atoms with Crippen LogP contribution in [0.15, 0.2) is 24.3 Å². The molecule has 5 N–H and O–H groups in total. The van der Waals surface area contributed by atoms with Gasteiger partial charge in [-0.3, -0.25) is 4.79 Å². The fraction of sp³-hybridized carbons (Fsp3) is 0.937. The summed E-state index contributed by atoms with van der Waals surface area (Å²) in [6, 6.07) is -1.01. The fourth-order valence-corrected chi connectivity index (χ4v) is 12.8. The van der Waals surface area contributed by atoms with E-state index in [1.165, 1.54) is 372 Å². The van der Waals surface area contributed by atoms with Crippen LogP contribution < -0.4 is 5.32 Å². The van der Waals surface area contributed by atoms with E-state index in [0.717, 1.165) is 38.5 Å². The lowest BCUT2D eigenvalue weighted by atomic mass is 10.00. The van der Waals surface area contributed by atoms with Crippen molar-refractivity contribution < 1.29 is 25.2 Å². The van der Waals surface area contributed by atoms with Crippen molar-refractivity contribution in [3.8, 4) is 0 Å². The highest BCUT2D eigenvalue weighted by Gasteiger charge is 2.28. The first-order valence-corrected chi connectivity index (χ1v) is 39.2. The Hall–Kier alpha value is -1.21. The molecule has 0 saturated heterocycles. The monoisotopic (exact) mass is 1200 g/mol. The molecule has 4 unspecified atom stereocenters. The number of hydrogen-bond acceptors (Lipinski definition) is 5. The normalized spacial score (nSPS) is 13.4. The smallest absolute Gasteiger partial charge is 0.249 e. The van der Waals surface area contributed by atoms with Gasteiger partial charge >= 0.3 is 0 Å². The summed E-state index contributed by atoms with van der Waals surface area (Å²) < 4.78 is 0. The second-order valence-electron chi connectivity index (χ2n) is 27.4. The summed E-state index contributed by atoms with van der Waals surface area (Å²) in [5.41, 5.74) is 0. The molecule has 0 heterocycles. The van der Waals surface area contributed by atoms with Gasteiger partial charge in [-0.25, -0.2) is 0 Å². The molecule has 0 aromatic heterocycles. The van der Waals surface area contributed by atoms with Gasteiger partial charge < -0.3 is 25.7 Å². The summed E-state index contributed by atoms with van der Waals surface area (Å²) in [6.07, 6.45) is 95.0. The number of carbonyl (C=O) groups is 1. The van der Waals surface area contributed by atoms with Crippen molar-refractivity contribution in [1.29, 1.82) is 0 Å². The second-order valence-corrected chi connectivity index (χ2v) is 27.4. The third kappa shape index (κ3) is 67.0. The van der Waals surface area contributed by atoms with Crippen molar-refractivity contribution in [3.63, 3.8) is 0 Å². The molecule has 0 aromatic carbocycles. The first-order valence-electron chi connectivity index (χ1n) is 39.2. The number of hydrogen-bond donors (Lipinski definition) is 5. The number of aliphatic hydroxyl groups excluding tert-OH is 4. The van der Waals surface area contributed by atoms with E-state index in [0.29, 0.717) is 19.3 Å². The number of aliphatic hydroxyl groups is 4. The lowest BCUT2D eigenvalue weighted by molar-refractivity contribution is -0.132. The maximum absolute atomic E-state index is 12.7. The zero-order chi connectivity index (χ0) is 61.5. The van der Waals surface area contributed by atoms with Gasteiger partial charge in [-0.15, -0.1) is 0 Å². The highest BCUT2D eigenvalue weighted by molar-refractivity contribution is 5.80. The Balaban J connectivity index is 3.52. The second kappa shape index (κ2) is 73.5. The molecule has 0 aromatic rings. The Labute approximate surface area is 533 Å². The lowest BCUT2D eigenvalue weighted by Crippen LogP contribution is -2.53. The third-order valence-electron chi connectivity index (χ3n) is 18.9. The highest BCUT2D eigenvalue weighted by Crippen LogP contribution is 2.21. The van der Waals surface area contributed by atoms with Crippen LogP contribution in [0.2, 0.25) is 0 Å². The van der Waals surface area contributed by atoms with Crippen molar-refractivity contribution in [2.75, 3.05) is 6.61 Å². The average molecular weight is 1200 g/mol. The van der Waals surface area contributed by atoms with Gasteiger partial charge in [0, 0.05) is 0 Å². The molecule has 0 aliphatic carbocycles. The number of carbonyl (C=O) groups excluding carboxylic acids is 1. The summed E-state index contributed by atoms with van der Waals surface area (Å²) in [5, 5.41) is 44.3. The van der Waals surface area contributed by atoms with Crippen LogP contribution >= 0.6 is 0 Å². The lowest BCUT2D eigenvalue weighted by Gasteiger charge is -2.27. The van der Waals surface area contributed by atoms with E-state index in [1.54, 1.807) is 0 Å². The van der Waals surface area contributed by atoms with Crippen LogP contribution in [0.25, 0.3) is 0 Å². The van der Waals surface area contributed by atoms with E-state index < -0.39 is 36.9 Å². The quantitative estimate of drug-likeness (QED) is 0.0308. The minimum Gasteiger partial charge on any atom is -0.394 e. The molecule has 0 rings (SSSR count). The number of unbranched alkanes of at least 4 members (excludes halogenated alkanes) is 61. The number of amides is 1. The number of rotatable bonds is 74. The Kier molecular flexibility index (Phi) is 72.5. The van der Waals surface area contributed by atoms with Crippen LogP contribution in [0.5, 0.6) is 0 Å². The van der Waals surface area contributed by atoms with Gasteiger partial charge in [-0.05, 0) is 51.4 Å².